The lowest BCUT2D eigenvalue weighted by Crippen LogP contribution is -2.38. The van der Waals surface area contributed by atoms with E-state index in [1.165, 1.54) is 6.26 Å². The molecule has 1 aromatic heterocycles. The number of hydrogen-bond acceptors (Lipinski definition) is 4. The van der Waals surface area contributed by atoms with Crippen molar-refractivity contribution >= 4 is 17.8 Å². The molecular formula is C16H22N2O5. The van der Waals surface area contributed by atoms with E-state index in [0.29, 0.717) is 18.7 Å². The summed E-state index contributed by atoms with van der Waals surface area (Å²) < 4.78 is 5.28. The van der Waals surface area contributed by atoms with E-state index in [2.05, 4.69) is 10.6 Å². The fraction of sp³-hybridized carbons (Fsp3) is 0.562. The number of amides is 2. The molecule has 0 radical (unpaired) electrons. The van der Waals surface area contributed by atoms with Crippen LogP contribution in [0, 0.1) is 11.8 Å². The number of nitrogens with one attached hydrogen (secondary N) is 2. The van der Waals surface area contributed by atoms with E-state index in [1.54, 1.807) is 0 Å². The minimum absolute atomic E-state index is 0.00522. The highest BCUT2D eigenvalue weighted by atomic mass is 16.4. The predicted molar refractivity (Wildman–Crippen MR) is 82.3 cm³/mol. The van der Waals surface area contributed by atoms with Gasteiger partial charge in [0.15, 0.2) is 0 Å². The smallest absolute Gasteiger partial charge is 0.308 e. The topological polar surface area (TPSA) is 109 Å². The molecule has 1 unspecified atom stereocenters. The van der Waals surface area contributed by atoms with Gasteiger partial charge in [0.05, 0.1) is 17.0 Å². The van der Waals surface area contributed by atoms with Gasteiger partial charge in [-0.05, 0) is 5.92 Å². The molecular weight excluding hydrogens is 300 g/mol. The van der Waals surface area contributed by atoms with Crippen LogP contribution < -0.4 is 10.6 Å². The van der Waals surface area contributed by atoms with Gasteiger partial charge >= 0.3 is 5.97 Å². The Kier molecular flexibility index (Phi) is 5.41. The maximum absolute atomic E-state index is 12.3. The Morgan fingerprint density at radius 3 is 2.70 bits per heavy atom. The zero-order valence-electron chi connectivity index (χ0n) is 13.3. The van der Waals surface area contributed by atoms with Crippen molar-refractivity contribution in [1.82, 2.24) is 10.6 Å². The first-order valence-electron chi connectivity index (χ1n) is 7.89. The standard InChI is InChI=1S/C16H22N2O5/c1-3-9(4-2)10(16(21)22)7-18-14(19)11-8-23-12-5-6-17-15(20)13(11)12/h8-10H,3-7H2,1-2H3,(H,17,20)(H,18,19)(H,21,22). The summed E-state index contributed by atoms with van der Waals surface area (Å²) in [7, 11) is 0. The van der Waals surface area contributed by atoms with Crippen molar-refractivity contribution in [2.24, 2.45) is 11.8 Å². The Labute approximate surface area is 134 Å². The SMILES string of the molecule is CCC(CC)C(CNC(=O)c1coc2c1C(=O)NCC2)C(=O)O. The number of carbonyl (C=O) groups is 3. The van der Waals surface area contributed by atoms with Gasteiger partial charge in [0.2, 0.25) is 0 Å². The van der Waals surface area contributed by atoms with Gasteiger partial charge in [-0.1, -0.05) is 26.7 Å². The highest BCUT2D eigenvalue weighted by Gasteiger charge is 2.30. The molecule has 7 nitrogen and oxygen atoms in total. The molecule has 3 N–H and O–H groups in total. The van der Waals surface area contributed by atoms with Crippen molar-refractivity contribution in [2.45, 2.75) is 33.1 Å². The second-order valence-corrected chi connectivity index (χ2v) is 5.68. The van der Waals surface area contributed by atoms with Crippen molar-refractivity contribution in [2.75, 3.05) is 13.1 Å². The number of aliphatic carboxylic acids is 1. The molecule has 2 heterocycles. The molecule has 0 aliphatic carbocycles. The van der Waals surface area contributed by atoms with E-state index < -0.39 is 17.8 Å². The molecule has 0 fully saturated rings. The summed E-state index contributed by atoms with van der Waals surface area (Å²) in [5.74, 6) is -1.90. The van der Waals surface area contributed by atoms with Crippen LogP contribution in [0.3, 0.4) is 0 Å². The Hall–Kier alpha value is -2.31. The minimum atomic E-state index is -0.925. The van der Waals surface area contributed by atoms with E-state index in [1.807, 2.05) is 13.8 Å². The van der Waals surface area contributed by atoms with E-state index >= 15 is 0 Å². The Bertz CT molecular complexity index is 604. The average Bonchev–Trinajstić information content (AvgIpc) is 2.96. The van der Waals surface area contributed by atoms with Crippen LogP contribution >= 0.6 is 0 Å². The van der Waals surface area contributed by atoms with Gasteiger partial charge in [0, 0.05) is 19.5 Å². The van der Waals surface area contributed by atoms with Crippen LogP contribution in [-0.4, -0.2) is 36.0 Å². The fourth-order valence-electron chi connectivity index (χ4n) is 2.99. The summed E-state index contributed by atoms with van der Waals surface area (Å²) in [5, 5.41) is 14.6. The zero-order chi connectivity index (χ0) is 17.0. The lowest BCUT2D eigenvalue weighted by Gasteiger charge is -2.21. The Morgan fingerprint density at radius 2 is 2.09 bits per heavy atom. The predicted octanol–water partition coefficient (Wildman–Crippen LogP) is 1.43. The van der Waals surface area contributed by atoms with E-state index in [9.17, 15) is 19.5 Å². The number of rotatable bonds is 7. The monoisotopic (exact) mass is 322 g/mol. The summed E-state index contributed by atoms with van der Waals surface area (Å²) in [5.41, 5.74) is 0.411. The Balaban J connectivity index is 2.09. The molecule has 1 aliphatic rings. The molecule has 0 saturated heterocycles. The van der Waals surface area contributed by atoms with Gasteiger partial charge in [-0.15, -0.1) is 0 Å². The van der Waals surface area contributed by atoms with Gasteiger partial charge < -0.3 is 20.2 Å². The van der Waals surface area contributed by atoms with Gasteiger partial charge in [0.25, 0.3) is 11.8 Å². The first kappa shape index (κ1) is 17.1. The molecule has 1 aromatic rings. The fourth-order valence-corrected chi connectivity index (χ4v) is 2.99. The molecule has 126 valence electrons. The van der Waals surface area contributed by atoms with Gasteiger partial charge in [-0.2, -0.15) is 0 Å². The van der Waals surface area contributed by atoms with Crippen molar-refractivity contribution in [3.05, 3.63) is 23.2 Å². The largest absolute Gasteiger partial charge is 0.481 e. The lowest BCUT2D eigenvalue weighted by atomic mass is 9.87. The molecule has 23 heavy (non-hydrogen) atoms. The normalized spacial score (nSPS) is 15.0. The summed E-state index contributed by atoms with van der Waals surface area (Å²) in [6.07, 6.45) is 3.26. The molecule has 7 heteroatoms. The molecule has 2 amide bonds. The van der Waals surface area contributed by atoms with E-state index in [0.717, 1.165) is 12.8 Å². The highest BCUT2D eigenvalue weighted by molar-refractivity contribution is 6.08. The summed E-state index contributed by atoms with van der Waals surface area (Å²) in [6, 6.07) is 0. The molecule has 0 saturated carbocycles. The van der Waals surface area contributed by atoms with Crippen molar-refractivity contribution in [3.8, 4) is 0 Å². The second kappa shape index (κ2) is 7.30. The number of carboxylic acids is 1. The molecule has 1 aliphatic heterocycles. The van der Waals surface area contributed by atoms with Crippen LogP contribution in [0.25, 0.3) is 0 Å². The first-order chi connectivity index (χ1) is 11.0. The maximum Gasteiger partial charge on any atom is 0.308 e. The maximum atomic E-state index is 12.3. The molecule has 1 atom stereocenters. The van der Waals surface area contributed by atoms with Crippen molar-refractivity contribution in [3.63, 3.8) is 0 Å². The van der Waals surface area contributed by atoms with E-state index in [-0.39, 0.29) is 29.5 Å². The molecule has 0 bridgehead atoms. The van der Waals surface area contributed by atoms with Gasteiger partial charge in [-0.25, -0.2) is 0 Å². The second-order valence-electron chi connectivity index (χ2n) is 5.68. The molecule has 0 spiro atoms. The third kappa shape index (κ3) is 3.55. The van der Waals surface area contributed by atoms with Gasteiger partial charge in [-0.3, -0.25) is 14.4 Å². The number of fused-ring (bicyclic) bond motifs is 1. The third-order valence-electron chi connectivity index (χ3n) is 4.39. The van der Waals surface area contributed by atoms with Crippen LogP contribution in [0.1, 0.15) is 53.2 Å². The van der Waals surface area contributed by atoms with Gasteiger partial charge in [0.1, 0.15) is 12.0 Å². The summed E-state index contributed by atoms with van der Waals surface area (Å²) in [4.78, 5) is 35.6. The Morgan fingerprint density at radius 1 is 1.39 bits per heavy atom. The van der Waals surface area contributed by atoms with Crippen molar-refractivity contribution < 1.29 is 23.9 Å². The molecule has 0 aromatic carbocycles. The summed E-state index contributed by atoms with van der Waals surface area (Å²) in [6.45, 7) is 4.38. The van der Waals surface area contributed by atoms with Crippen LogP contribution in [0.5, 0.6) is 0 Å². The third-order valence-corrected chi connectivity index (χ3v) is 4.39. The average molecular weight is 322 g/mol. The molecule has 2 rings (SSSR count). The number of carbonyl (C=O) groups excluding carboxylic acids is 2. The quantitative estimate of drug-likeness (QED) is 0.704. The van der Waals surface area contributed by atoms with Crippen LogP contribution in [-0.2, 0) is 11.2 Å². The van der Waals surface area contributed by atoms with Crippen LogP contribution in [0.2, 0.25) is 0 Å². The zero-order valence-corrected chi connectivity index (χ0v) is 13.3. The first-order valence-corrected chi connectivity index (χ1v) is 7.89. The lowest BCUT2D eigenvalue weighted by molar-refractivity contribution is -0.143. The van der Waals surface area contributed by atoms with Crippen LogP contribution in [0.15, 0.2) is 10.7 Å². The number of furan rings is 1. The number of hydrogen-bond donors (Lipinski definition) is 3. The summed E-state index contributed by atoms with van der Waals surface area (Å²) >= 11 is 0. The van der Waals surface area contributed by atoms with E-state index in [4.69, 9.17) is 4.42 Å². The number of carboxylic acid groups (broad SMARTS) is 1. The highest BCUT2D eigenvalue weighted by Crippen LogP contribution is 2.22. The minimum Gasteiger partial charge on any atom is -0.481 e. The van der Waals surface area contributed by atoms with Crippen molar-refractivity contribution in [1.29, 1.82) is 0 Å². The van der Waals surface area contributed by atoms with Crippen LogP contribution in [0.4, 0.5) is 0 Å².